The minimum atomic E-state index is 0.210. The highest BCUT2D eigenvalue weighted by molar-refractivity contribution is 5.44. The highest BCUT2D eigenvalue weighted by atomic mass is 16.5. The topological polar surface area (TPSA) is 47.7 Å². The van der Waals surface area contributed by atoms with E-state index in [0.29, 0.717) is 19.2 Å². The van der Waals surface area contributed by atoms with Gasteiger partial charge in [-0.3, -0.25) is 4.90 Å². The molecule has 112 valence electrons. The number of ether oxygens (including phenoxy) is 2. The maximum absolute atomic E-state index is 5.99. The number of hydrogen-bond acceptors (Lipinski definition) is 4. The number of benzene rings is 1. The van der Waals surface area contributed by atoms with Crippen LogP contribution >= 0.6 is 0 Å². The van der Waals surface area contributed by atoms with Gasteiger partial charge in [0, 0.05) is 25.0 Å². The molecule has 1 heterocycles. The molecule has 2 atom stereocenters. The average molecular weight is 278 g/mol. The van der Waals surface area contributed by atoms with E-state index in [1.54, 1.807) is 0 Å². The van der Waals surface area contributed by atoms with Crippen LogP contribution in [0.25, 0.3) is 0 Å². The van der Waals surface area contributed by atoms with Gasteiger partial charge in [0.15, 0.2) is 11.5 Å². The fraction of sp³-hybridized carbons (Fsp3) is 0.625. The van der Waals surface area contributed by atoms with Gasteiger partial charge in [0.1, 0.15) is 0 Å². The minimum Gasteiger partial charge on any atom is -0.490 e. The van der Waals surface area contributed by atoms with Gasteiger partial charge in [0.25, 0.3) is 0 Å². The zero-order valence-corrected chi connectivity index (χ0v) is 12.8. The summed E-state index contributed by atoms with van der Waals surface area (Å²) in [5.74, 6) is 1.68. The van der Waals surface area contributed by atoms with E-state index in [9.17, 15) is 0 Å². The highest BCUT2D eigenvalue weighted by Gasteiger charge is 2.21. The number of rotatable bonds is 5. The quantitative estimate of drug-likeness (QED) is 0.899. The summed E-state index contributed by atoms with van der Waals surface area (Å²) >= 11 is 0. The molecular weight excluding hydrogens is 252 g/mol. The summed E-state index contributed by atoms with van der Waals surface area (Å²) in [5.41, 5.74) is 7.19. The van der Waals surface area contributed by atoms with E-state index in [-0.39, 0.29) is 6.04 Å². The number of nitrogens with two attached hydrogens (primary N) is 1. The molecule has 4 heteroatoms. The molecule has 0 radical (unpaired) electrons. The molecule has 2 N–H and O–H groups in total. The lowest BCUT2D eigenvalue weighted by Crippen LogP contribution is -2.36. The maximum Gasteiger partial charge on any atom is 0.161 e. The summed E-state index contributed by atoms with van der Waals surface area (Å²) < 4.78 is 11.4. The van der Waals surface area contributed by atoms with Crippen LogP contribution in [0.15, 0.2) is 18.2 Å². The van der Waals surface area contributed by atoms with Crippen molar-refractivity contribution in [3.8, 4) is 11.5 Å². The molecule has 0 aromatic heterocycles. The predicted molar refractivity (Wildman–Crippen MR) is 81.4 cm³/mol. The van der Waals surface area contributed by atoms with Crippen molar-refractivity contribution in [2.24, 2.45) is 5.73 Å². The van der Waals surface area contributed by atoms with Crippen LogP contribution in [-0.2, 0) is 0 Å². The van der Waals surface area contributed by atoms with E-state index in [2.05, 4.69) is 37.9 Å². The molecule has 0 saturated heterocycles. The van der Waals surface area contributed by atoms with Crippen LogP contribution in [0.5, 0.6) is 11.5 Å². The summed E-state index contributed by atoms with van der Waals surface area (Å²) in [4.78, 5) is 2.33. The Morgan fingerprint density at radius 1 is 1.25 bits per heavy atom. The second-order valence-corrected chi connectivity index (χ2v) is 5.43. The number of nitrogens with zero attached hydrogens (tertiary/aromatic N) is 1. The summed E-state index contributed by atoms with van der Waals surface area (Å²) in [6.07, 6.45) is 2.04. The molecular formula is C16H26N2O2. The normalized spacial score (nSPS) is 17.6. The lowest BCUT2D eigenvalue weighted by Gasteiger charge is -2.32. The lowest BCUT2D eigenvalue weighted by atomic mass is 10.0. The fourth-order valence-corrected chi connectivity index (χ4v) is 2.52. The molecule has 0 fully saturated rings. The predicted octanol–water partition coefficient (Wildman–Crippen LogP) is 2.58. The van der Waals surface area contributed by atoms with Gasteiger partial charge >= 0.3 is 0 Å². The van der Waals surface area contributed by atoms with Crippen molar-refractivity contribution < 1.29 is 9.47 Å². The molecule has 1 aliphatic heterocycles. The third-order valence-corrected chi connectivity index (χ3v) is 4.16. The summed E-state index contributed by atoms with van der Waals surface area (Å²) in [6.45, 7) is 6.46. The molecule has 2 rings (SSSR count). The van der Waals surface area contributed by atoms with Gasteiger partial charge in [-0.15, -0.1) is 0 Å². The van der Waals surface area contributed by atoms with Crippen molar-refractivity contribution in [3.05, 3.63) is 23.8 Å². The third-order valence-electron chi connectivity index (χ3n) is 4.16. The van der Waals surface area contributed by atoms with Crippen LogP contribution in [0, 0.1) is 0 Å². The molecule has 1 aromatic carbocycles. The number of hydrogen-bond donors (Lipinski definition) is 1. The number of likely N-dealkylation sites (N-methyl/N-ethyl adjacent to an activating group) is 1. The number of fused-ring (bicyclic) bond motifs is 1. The van der Waals surface area contributed by atoms with Crippen molar-refractivity contribution in [2.75, 3.05) is 26.8 Å². The first-order chi connectivity index (χ1) is 9.67. The molecule has 1 aromatic rings. The molecule has 20 heavy (non-hydrogen) atoms. The first-order valence-electron chi connectivity index (χ1n) is 7.49. The largest absolute Gasteiger partial charge is 0.490 e. The zero-order valence-electron chi connectivity index (χ0n) is 12.8. The van der Waals surface area contributed by atoms with Crippen LogP contribution in [0.1, 0.15) is 38.3 Å². The van der Waals surface area contributed by atoms with E-state index in [4.69, 9.17) is 15.2 Å². The Kier molecular flexibility index (Phi) is 5.26. The average Bonchev–Trinajstić information content (AvgIpc) is 2.71. The summed E-state index contributed by atoms with van der Waals surface area (Å²) in [6, 6.07) is 6.89. The van der Waals surface area contributed by atoms with Crippen LogP contribution in [-0.4, -0.2) is 37.7 Å². The van der Waals surface area contributed by atoms with Gasteiger partial charge in [-0.25, -0.2) is 0 Å². The Morgan fingerprint density at radius 2 is 1.95 bits per heavy atom. The molecule has 4 nitrogen and oxygen atoms in total. The van der Waals surface area contributed by atoms with Crippen molar-refractivity contribution in [3.63, 3.8) is 0 Å². The van der Waals surface area contributed by atoms with Gasteiger partial charge in [-0.1, -0.05) is 13.0 Å². The van der Waals surface area contributed by atoms with Gasteiger partial charge in [-0.05, 0) is 38.1 Å². The van der Waals surface area contributed by atoms with Gasteiger partial charge in [0.05, 0.1) is 13.2 Å². The first-order valence-corrected chi connectivity index (χ1v) is 7.49. The molecule has 2 unspecified atom stereocenters. The molecule has 0 amide bonds. The van der Waals surface area contributed by atoms with E-state index in [1.807, 2.05) is 6.07 Å². The SMILES string of the molecule is CCC(C)N(C)C(CN)c1ccc2c(c1)OCCCO2. The van der Waals surface area contributed by atoms with Gasteiger partial charge < -0.3 is 15.2 Å². The second kappa shape index (κ2) is 6.95. The third kappa shape index (κ3) is 3.25. The van der Waals surface area contributed by atoms with Crippen molar-refractivity contribution in [2.45, 2.75) is 38.8 Å². The summed E-state index contributed by atoms with van der Waals surface area (Å²) in [5, 5.41) is 0. The van der Waals surface area contributed by atoms with Gasteiger partial charge in [0.2, 0.25) is 0 Å². The van der Waals surface area contributed by atoms with E-state index < -0.39 is 0 Å². The minimum absolute atomic E-state index is 0.210. The Hall–Kier alpha value is -1.26. The lowest BCUT2D eigenvalue weighted by molar-refractivity contribution is 0.184. The Morgan fingerprint density at radius 3 is 2.60 bits per heavy atom. The molecule has 0 bridgehead atoms. The summed E-state index contributed by atoms with van der Waals surface area (Å²) in [7, 11) is 2.13. The van der Waals surface area contributed by atoms with Crippen LogP contribution in [0.3, 0.4) is 0 Å². The van der Waals surface area contributed by atoms with Crippen molar-refractivity contribution >= 4 is 0 Å². The first kappa shape index (κ1) is 15.1. The van der Waals surface area contributed by atoms with Gasteiger partial charge in [-0.2, -0.15) is 0 Å². The van der Waals surface area contributed by atoms with E-state index in [0.717, 1.165) is 30.9 Å². The maximum atomic E-state index is 5.99. The fourth-order valence-electron chi connectivity index (χ4n) is 2.52. The van der Waals surface area contributed by atoms with Crippen LogP contribution in [0.4, 0.5) is 0 Å². The Balaban J connectivity index is 2.24. The van der Waals surface area contributed by atoms with Crippen molar-refractivity contribution in [1.82, 2.24) is 4.90 Å². The second-order valence-electron chi connectivity index (χ2n) is 5.43. The molecule has 0 spiro atoms. The van der Waals surface area contributed by atoms with Crippen molar-refractivity contribution in [1.29, 1.82) is 0 Å². The Labute approximate surface area is 121 Å². The van der Waals surface area contributed by atoms with Crippen LogP contribution < -0.4 is 15.2 Å². The smallest absolute Gasteiger partial charge is 0.161 e. The monoisotopic (exact) mass is 278 g/mol. The molecule has 0 saturated carbocycles. The van der Waals surface area contributed by atoms with E-state index in [1.165, 1.54) is 5.56 Å². The zero-order chi connectivity index (χ0) is 14.5. The Bertz CT molecular complexity index is 436. The highest BCUT2D eigenvalue weighted by Crippen LogP contribution is 2.33. The van der Waals surface area contributed by atoms with Crippen LogP contribution in [0.2, 0.25) is 0 Å². The standard InChI is InChI=1S/C16H26N2O2/c1-4-12(2)18(3)14(11-17)13-6-7-15-16(10-13)20-9-5-8-19-15/h6-7,10,12,14H,4-5,8-9,11,17H2,1-3H3. The molecule has 0 aliphatic carbocycles. The van der Waals surface area contributed by atoms with E-state index >= 15 is 0 Å². The molecule has 1 aliphatic rings.